The van der Waals surface area contributed by atoms with Crippen molar-refractivity contribution in [2.24, 2.45) is 0 Å². The molecule has 1 saturated heterocycles. The summed E-state index contributed by atoms with van der Waals surface area (Å²) in [5.74, 6) is 1.11. The molecule has 2 amide bonds. The summed E-state index contributed by atoms with van der Waals surface area (Å²) in [5.41, 5.74) is 2.20. The van der Waals surface area contributed by atoms with Gasteiger partial charge in [-0.15, -0.1) is 11.3 Å². The van der Waals surface area contributed by atoms with Crippen LogP contribution < -0.4 is 10.1 Å². The lowest BCUT2D eigenvalue weighted by atomic mass is 9.98. The van der Waals surface area contributed by atoms with Gasteiger partial charge < -0.3 is 15.0 Å². The van der Waals surface area contributed by atoms with E-state index in [1.54, 1.807) is 19.5 Å². The highest BCUT2D eigenvalue weighted by molar-refractivity contribution is 7.11. The van der Waals surface area contributed by atoms with E-state index in [2.05, 4.69) is 10.3 Å². The Morgan fingerprint density at radius 2 is 2.26 bits per heavy atom. The van der Waals surface area contributed by atoms with E-state index in [-0.39, 0.29) is 6.03 Å². The molecule has 1 atom stereocenters. The van der Waals surface area contributed by atoms with Gasteiger partial charge in [-0.05, 0) is 44.6 Å². The van der Waals surface area contributed by atoms with Crippen molar-refractivity contribution in [1.29, 1.82) is 0 Å². The first-order chi connectivity index (χ1) is 13.2. The van der Waals surface area contributed by atoms with Gasteiger partial charge in [-0.1, -0.05) is 0 Å². The van der Waals surface area contributed by atoms with Crippen LogP contribution >= 0.6 is 11.3 Å². The molecule has 2 aromatic rings. The van der Waals surface area contributed by atoms with E-state index in [0.717, 1.165) is 43.7 Å². The molecule has 3 heterocycles. The van der Waals surface area contributed by atoms with Crippen molar-refractivity contribution in [2.75, 3.05) is 20.2 Å². The Bertz CT molecular complexity index is 784. The molecule has 4 rings (SSSR count). The zero-order chi connectivity index (χ0) is 18.6. The van der Waals surface area contributed by atoms with Gasteiger partial charge in [0.05, 0.1) is 17.8 Å². The summed E-state index contributed by atoms with van der Waals surface area (Å²) in [5, 5.41) is 4.24. The normalized spacial score (nSPS) is 19.4. The number of hydrogen-bond acceptors (Lipinski definition) is 5. The maximum atomic E-state index is 12.7. The number of aromatic nitrogens is 2. The Morgan fingerprint density at radius 3 is 3.11 bits per heavy atom. The first-order valence-corrected chi connectivity index (χ1v) is 10.5. The number of hydrogen-bond donors (Lipinski definition) is 1. The summed E-state index contributed by atoms with van der Waals surface area (Å²) in [6.07, 6.45) is 10.4. The second kappa shape index (κ2) is 8.25. The van der Waals surface area contributed by atoms with E-state index in [1.807, 2.05) is 22.3 Å². The van der Waals surface area contributed by atoms with Crippen LogP contribution in [-0.4, -0.2) is 41.1 Å². The minimum Gasteiger partial charge on any atom is -0.496 e. The van der Waals surface area contributed by atoms with Gasteiger partial charge >= 0.3 is 6.03 Å². The van der Waals surface area contributed by atoms with E-state index in [1.165, 1.54) is 34.8 Å². The minimum absolute atomic E-state index is 0.0214. The largest absolute Gasteiger partial charge is 0.496 e. The van der Waals surface area contributed by atoms with Crippen molar-refractivity contribution < 1.29 is 9.53 Å². The molecule has 2 aliphatic rings. The summed E-state index contributed by atoms with van der Waals surface area (Å²) in [7, 11) is 1.63. The predicted octanol–water partition coefficient (Wildman–Crippen LogP) is 3.51. The second-order valence-corrected chi connectivity index (χ2v) is 8.38. The van der Waals surface area contributed by atoms with E-state index in [4.69, 9.17) is 9.72 Å². The number of methoxy groups -OCH3 is 1. The number of nitrogens with one attached hydrogen (secondary N) is 1. The molecule has 1 unspecified atom stereocenters. The van der Waals surface area contributed by atoms with E-state index < -0.39 is 0 Å². The van der Waals surface area contributed by atoms with Crippen LogP contribution in [-0.2, 0) is 19.4 Å². The zero-order valence-electron chi connectivity index (χ0n) is 15.7. The molecule has 0 spiro atoms. The van der Waals surface area contributed by atoms with E-state index in [0.29, 0.717) is 12.5 Å². The molecule has 2 aromatic heterocycles. The highest BCUT2D eigenvalue weighted by Gasteiger charge is 2.28. The van der Waals surface area contributed by atoms with Crippen LogP contribution in [0.3, 0.4) is 0 Å². The highest BCUT2D eigenvalue weighted by Crippen LogP contribution is 2.34. The van der Waals surface area contributed by atoms with Gasteiger partial charge in [0.1, 0.15) is 5.75 Å². The third-order valence-electron chi connectivity index (χ3n) is 5.43. The Labute approximate surface area is 164 Å². The summed E-state index contributed by atoms with van der Waals surface area (Å²) in [6.45, 7) is 1.97. The van der Waals surface area contributed by atoms with Crippen molar-refractivity contribution in [2.45, 2.75) is 51.0 Å². The van der Waals surface area contributed by atoms with Gasteiger partial charge in [0.25, 0.3) is 0 Å². The summed E-state index contributed by atoms with van der Waals surface area (Å²) in [6, 6.07) is 1.79. The molecule has 0 bridgehead atoms. The number of aryl methyl sites for hydroxylation is 2. The summed E-state index contributed by atoms with van der Waals surface area (Å²) < 4.78 is 5.33. The molecule has 1 N–H and O–H groups in total. The fourth-order valence-corrected chi connectivity index (χ4v) is 5.22. The van der Waals surface area contributed by atoms with Crippen molar-refractivity contribution in [3.05, 3.63) is 39.6 Å². The Balaban J connectivity index is 1.37. The predicted molar refractivity (Wildman–Crippen MR) is 105 cm³/mol. The Morgan fingerprint density at radius 1 is 1.37 bits per heavy atom. The quantitative estimate of drug-likeness (QED) is 0.873. The van der Waals surface area contributed by atoms with Crippen LogP contribution in [0.15, 0.2) is 18.5 Å². The number of carbonyl (C=O) groups excluding carboxylic acids is 1. The van der Waals surface area contributed by atoms with Gasteiger partial charge in [0.2, 0.25) is 0 Å². The van der Waals surface area contributed by atoms with Gasteiger partial charge in [-0.25, -0.2) is 9.78 Å². The monoisotopic (exact) mass is 386 g/mol. The van der Waals surface area contributed by atoms with E-state index >= 15 is 0 Å². The fraction of sp³-hybridized carbons (Fsp3) is 0.550. The lowest BCUT2D eigenvalue weighted by Gasteiger charge is -2.32. The number of ether oxygens (including phenoxy) is 1. The topological polar surface area (TPSA) is 67.3 Å². The molecule has 0 saturated carbocycles. The van der Waals surface area contributed by atoms with Crippen LogP contribution in [0, 0.1) is 0 Å². The number of pyridine rings is 1. The average molecular weight is 387 g/mol. The lowest BCUT2D eigenvalue weighted by Crippen LogP contribution is -2.44. The molecular formula is C20H26N4O2S. The number of fused-ring (bicyclic) bond motifs is 1. The van der Waals surface area contributed by atoms with Crippen molar-refractivity contribution in [3.63, 3.8) is 0 Å². The molecule has 27 heavy (non-hydrogen) atoms. The van der Waals surface area contributed by atoms with Crippen LogP contribution in [0.1, 0.15) is 52.7 Å². The number of rotatable bonds is 4. The molecule has 1 fully saturated rings. The number of amides is 2. The maximum Gasteiger partial charge on any atom is 0.317 e. The smallest absolute Gasteiger partial charge is 0.317 e. The first-order valence-electron chi connectivity index (χ1n) is 9.72. The molecule has 144 valence electrons. The van der Waals surface area contributed by atoms with Crippen molar-refractivity contribution >= 4 is 17.4 Å². The van der Waals surface area contributed by atoms with Gasteiger partial charge in [0, 0.05) is 48.4 Å². The SMILES string of the molecule is COc1ccncc1CNC(=O)N1CCCC(c2nc3c(s2)CCCC3)C1. The van der Waals surface area contributed by atoms with Crippen molar-refractivity contribution in [3.8, 4) is 5.75 Å². The molecule has 7 heteroatoms. The zero-order valence-corrected chi connectivity index (χ0v) is 16.6. The number of carbonyl (C=O) groups is 1. The van der Waals surface area contributed by atoms with Gasteiger partial charge in [-0.3, -0.25) is 4.98 Å². The maximum absolute atomic E-state index is 12.7. The molecule has 0 aromatic carbocycles. The summed E-state index contributed by atoms with van der Waals surface area (Å²) >= 11 is 1.88. The van der Waals surface area contributed by atoms with Gasteiger partial charge in [-0.2, -0.15) is 0 Å². The third-order valence-corrected chi connectivity index (χ3v) is 6.75. The number of likely N-dealkylation sites (tertiary alicyclic amines) is 1. The van der Waals surface area contributed by atoms with Crippen LogP contribution in [0.5, 0.6) is 5.75 Å². The molecular weight excluding hydrogens is 360 g/mol. The van der Waals surface area contributed by atoms with E-state index in [9.17, 15) is 4.79 Å². The van der Waals surface area contributed by atoms with Gasteiger partial charge in [0.15, 0.2) is 0 Å². The second-order valence-electron chi connectivity index (χ2n) is 7.26. The molecule has 1 aliphatic heterocycles. The fourth-order valence-electron chi connectivity index (χ4n) is 3.94. The average Bonchev–Trinajstić information content (AvgIpc) is 3.16. The van der Waals surface area contributed by atoms with Crippen LogP contribution in [0.25, 0.3) is 0 Å². The number of nitrogens with zero attached hydrogens (tertiary/aromatic N) is 3. The minimum atomic E-state index is -0.0214. The Hall–Kier alpha value is -2.15. The standard InChI is InChI=1S/C20H26N4O2S/c1-26-17-8-9-21-11-15(17)12-22-20(25)24-10-4-5-14(13-24)19-23-16-6-2-3-7-18(16)27-19/h8-9,11,14H,2-7,10,12-13H2,1H3,(H,22,25). The Kier molecular flexibility index (Phi) is 5.57. The number of urea groups is 1. The third kappa shape index (κ3) is 4.08. The molecule has 1 aliphatic carbocycles. The molecule has 0 radical (unpaired) electrons. The lowest BCUT2D eigenvalue weighted by molar-refractivity contribution is 0.179. The van der Waals surface area contributed by atoms with Crippen molar-refractivity contribution in [1.82, 2.24) is 20.2 Å². The van der Waals surface area contributed by atoms with Crippen LogP contribution in [0.2, 0.25) is 0 Å². The van der Waals surface area contributed by atoms with Crippen LogP contribution in [0.4, 0.5) is 4.79 Å². The number of thiazole rings is 1. The first kappa shape index (κ1) is 18.2. The molecule has 6 nitrogen and oxygen atoms in total. The number of piperidine rings is 1. The highest BCUT2D eigenvalue weighted by atomic mass is 32.1. The summed E-state index contributed by atoms with van der Waals surface area (Å²) in [4.78, 5) is 25.1.